The van der Waals surface area contributed by atoms with E-state index in [2.05, 4.69) is 46.0 Å². The highest BCUT2D eigenvalue weighted by molar-refractivity contribution is 7.71. The first kappa shape index (κ1) is 12.0. The molecule has 1 N–H and O–H groups in total. The Balaban J connectivity index is 2.07. The van der Waals surface area contributed by atoms with Crippen LogP contribution in [-0.4, -0.2) is 14.8 Å². The van der Waals surface area contributed by atoms with Gasteiger partial charge in [0.15, 0.2) is 4.77 Å². The molecule has 3 nitrogen and oxygen atoms in total. The first-order chi connectivity index (χ1) is 8.31. The van der Waals surface area contributed by atoms with Crippen molar-refractivity contribution in [3.8, 4) is 0 Å². The summed E-state index contributed by atoms with van der Waals surface area (Å²) in [6.07, 6.45) is 3.01. The van der Waals surface area contributed by atoms with Crippen LogP contribution in [0.5, 0.6) is 0 Å². The standard InChI is InChI=1S/C13H17N3S/c1-2-10-16-12(14-15-13(16)17)9-8-11-6-4-3-5-7-11/h3-7H,2,8-10H2,1H3,(H,15,17). The van der Waals surface area contributed by atoms with Gasteiger partial charge in [0, 0.05) is 13.0 Å². The van der Waals surface area contributed by atoms with Gasteiger partial charge in [-0.25, -0.2) is 0 Å². The number of aromatic nitrogens is 3. The summed E-state index contributed by atoms with van der Waals surface area (Å²) in [6, 6.07) is 10.5. The minimum atomic E-state index is 0.731. The van der Waals surface area contributed by atoms with E-state index < -0.39 is 0 Å². The van der Waals surface area contributed by atoms with Crippen molar-refractivity contribution in [3.05, 3.63) is 46.5 Å². The summed E-state index contributed by atoms with van der Waals surface area (Å²) in [5.74, 6) is 1.06. The minimum absolute atomic E-state index is 0.731. The zero-order chi connectivity index (χ0) is 12.1. The molecule has 1 heterocycles. The molecule has 0 saturated heterocycles. The Kier molecular flexibility index (Phi) is 4.09. The van der Waals surface area contributed by atoms with Crippen molar-refractivity contribution in [1.29, 1.82) is 0 Å². The molecule has 4 heteroatoms. The largest absolute Gasteiger partial charge is 0.304 e. The van der Waals surface area contributed by atoms with Gasteiger partial charge < -0.3 is 4.57 Å². The Hall–Kier alpha value is -1.42. The molecule has 1 aromatic carbocycles. The molecule has 0 radical (unpaired) electrons. The summed E-state index contributed by atoms with van der Waals surface area (Å²) >= 11 is 5.21. The van der Waals surface area contributed by atoms with E-state index in [9.17, 15) is 0 Å². The Bertz CT molecular complexity index is 513. The van der Waals surface area contributed by atoms with Gasteiger partial charge in [0.1, 0.15) is 5.82 Å². The molecule has 0 atom stereocenters. The number of rotatable bonds is 5. The number of nitrogens with one attached hydrogen (secondary N) is 1. The lowest BCUT2D eigenvalue weighted by atomic mass is 10.1. The van der Waals surface area contributed by atoms with Crippen LogP contribution in [0.2, 0.25) is 0 Å². The van der Waals surface area contributed by atoms with Gasteiger partial charge in [-0.15, -0.1) is 0 Å². The molecule has 0 saturated carbocycles. The number of aryl methyl sites for hydroxylation is 2. The molecule has 1 aromatic heterocycles. The molecule has 0 spiro atoms. The van der Waals surface area contributed by atoms with E-state index in [4.69, 9.17) is 12.2 Å². The molecular formula is C13H17N3S. The number of nitrogens with zero attached hydrogens (tertiary/aromatic N) is 2. The van der Waals surface area contributed by atoms with E-state index in [1.54, 1.807) is 0 Å². The molecule has 0 amide bonds. The average Bonchev–Trinajstić information content (AvgIpc) is 2.70. The van der Waals surface area contributed by atoms with Crippen LogP contribution < -0.4 is 0 Å². The first-order valence-electron chi connectivity index (χ1n) is 5.99. The molecule has 0 aliphatic carbocycles. The quantitative estimate of drug-likeness (QED) is 0.824. The van der Waals surface area contributed by atoms with E-state index in [-0.39, 0.29) is 0 Å². The Morgan fingerprint density at radius 3 is 2.71 bits per heavy atom. The maximum atomic E-state index is 5.21. The number of hydrogen-bond donors (Lipinski definition) is 1. The summed E-state index contributed by atoms with van der Waals surface area (Å²) < 4.78 is 2.83. The SMILES string of the molecule is CCCn1c(CCc2ccccc2)n[nH]c1=S. The van der Waals surface area contributed by atoms with Crippen LogP contribution in [-0.2, 0) is 19.4 Å². The average molecular weight is 247 g/mol. The fourth-order valence-corrected chi connectivity index (χ4v) is 2.14. The zero-order valence-corrected chi connectivity index (χ0v) is 10.8. The fourth-order valence-electron chi connectivity index (χ4n) is 1.90. The number of aromatic amines is 1. The highest BCUT2D eigenvalue weighted by Gasteiger charge is 2.05. The van der Waals surface area contributed by atoms with E-state index in [1.165, 1.54) is 5.56 Å². The van der Waals surface area contributed by atoms with Gasteiger partial charge in [0.05, 0.1) is 0 Å². The third-order valence-corrected chi connectivity index (χ3v) is 3.08. The van der Waals surface area contributed by atoms with Crippen molar-refractivity contribution >= 4 is 12.2 Å². The monoisotopic (exact) mass is 247 g/mol. The van der Waals surface area contributed by atoms with Crippen LogP contribution in [0.4, 0.5) is 0 Å². The van der Waals surface area contributed by atoms with E-state index in [1.807, 2.05) is 6.07 Å². The van der Waals surface area contributed by atoms with E-state index in [0.717, 1.165) is 36.4 Å². The Morgan fingerprint density at radius 2 is 2.00 bits per heavy atom. The Labute approximate surface area is 106 Å². The fraction of sp³-hybridized carbons (Fsp3) is 0.385. The van der Waals surface area contributed by atoms with Crippen LogP contribution in [0.3, 0.4) is 0 Å². The second kappa shape index (κ2) is 5.77. The van der Waals surface area contributed by atoms with Crippen LogP contribution in [0, 0.1) is 4.77 Å². The van der Waals surface area contributed by atoms with Gasteiger partial charge in [-0.1, -0.05) is 37.3 Å². The van der Waals surface area contributed by atoms with Gasteiger partial charge in [-0.3, -0.25) is 5.10 Å². The lowest BCUT2D eigenvalue weighted by Crippen LogP contribution is -2.05. The van der Waals surface area contributed by atoms with E-state index >= 15 is 0 Å². The number of benzene rings is 1. The summed E-state index contributed by atoms with van der Waals surface area (Å²) in [5.41, 5.74) is 1.34. The maximum absolute atomic E-state index is 5.21. The van der Waals surface area contributed by atoms with Gasteiger partial charge in [-0.2, -0.15) is 5.10 Å². The second-order valence-electron chi connectivity index (χ2n) is 4.08. The van der Waals surface area contributed by atoms with Crippen LogP contribution in [0.25, 0.3) is 0 Å². The second-order valence-corrected chi connectivity index (χ2v) is 4.47. The predicted octanol–water partition coefficient (Wildman–Crippen LogP) is 3.14. The van der Waals surface area contributed by atoms with Crippen LogP contribution >= 0.6 is 12.2 Å². The van der Waals surface area contributed by atoms with E-state index in [0.29, 0.717) is 0 Å². The molecule has 0 aliphatic rings. The summed E-state index contributed by atoms with van der Waals surface area (Å²) in [7, 11) is 0. The van der Waals surface area contributed by atoms with Crippen molar-refractivity contribution in [2.45, 2.75) is 32.7 Å². The topological polar surface area (TPSA) is 33.6 Å². The molecule has 0 fully saturated rings. The maximum Gasteiger partial charge on any atom is 0.195 e. The number of H-pyrrole nitrogens is 1. The van der Waals surface area contributed by atoms with Gasteiger partial charge in [-0.05, 0) is 30.6 Å². The molecule has 0 unspecified atom stereocenters. The van der Waals surface area contributed by atoms with Crippen molar-refractivity contribution in [2.24, 2.45) is 0 Å². The highest BCUT2D eigenvalue weighted by atomic mass is 32.1. The molecule has 2 rings (SSSR count). The predicted molar refractivity (Wildman–Crippen MR) is 71.6 cm³/mol. The smallest absolute Gasteiger partial charge is 0.195 e. The van der Waals surface area contributed by atoms with Crippen molar-refractivity contribution in [2.75, 3.05) is 0 Å². The summed E-state index contributed by atoms with van der Waals surface area (Å²) in [4.78, 5) is 0. The lowest BCUT2D eigenvalue weighted by Gasteiger charge is -2.04. The summed E-state index contributed by atoms with van der Waals surface area (Å²) in [5, 5.41) is 7.17. The summed E-state index contributed by atoms with van der Waals surface area (Å²) in [6.45, 7) is 3.09. The first-order valence-corrected chi connectivity index (χ1v) is 6.40. The van der Waals surface area contributed by atoms with Gasteiger partial charge in [0.25, 0.3) is 0 Å². The van der Waals surface area contributed by atoms with Crippen molar-refractivity contribution in [1.82, 2.24) is 14.8 Å². The van der Waals surface area contributed by atoms with Crippen LogP contribution in [0.15, 0.2) is 30.3 Å². The number of hydrogen-bond acceptors (Lipinski definition) is 2. The van der Waals surface area contributed by atoms with Crippen molar-refractivity contribution < 1.29 is 0 Å². The molecule has 2 aromatic rings. The molecule has 90 valence electrons. The third kappa shape index (κ3) is 3.03. The van der Waals surface area contributed by atoms with Gasteiger partial charge >= 0.3 is 0 Å². The lowest BCUT2D eigenvalue weighted by molar-refractivity contribution is 0.627. The zero-order valence-electron chi connectivity index (χ0n) is 10.0. The highest BCUT2D eigenvalue weighted by Crippen LogP contribution is 2.06. The van der Waals surface area contributed by atoms with Crippen molar-refractivity contribution in [3.63, 3.8) is 0 Å². The molecule has 17 heavy (non-hydrogen) atoms. The molecular weight excluding hydrogens is 230 g/mol. The Morgan fingerprint density at radius 1 is 1.24 bits per heavy atom. The van der Waals surface area contributed by atoms with Crippen LogP contribution in [0.1, 0.15) is 24.7 Å². The third-order valence-electron chi connectivity index (χ3n) is 2.76. The normalized spacial score (nSPS) is 10.6. The van der Waals surface area contributed by atoms with Gasteiger partial charge in [0.2, 0.25) is 0 Å². The minimum Gasteiger partial charge on any atom is -0.304 e. The molecule has 0 bridgehead atoms. The molecule has 0 aliphatic heterocycles.